The van der Waals surface area contributed by atoms with E-state index in [-0.39, 0.29) is 5.91 Å². The minimum absolute atomic E-state index is 0.226. The standard InChI is InChI=1S/C19H17ClIN3O3/c1-26-16-5-3-4-12(18(16)27-2)11-24-17(8-9-22-24)23-19(25)14-7-6-13(20)10-15(14)21/h3-10H,11H2,1-2H3,(H,23,25). The molecule has 27 heavy (non-hydrogen) atoms. The SMILES string of the molecule is COc1cccc(Cn2nccc2NC(=O)c2ccc(Cl)cc2I)c1OC. The molecule has 140 valence electrons. The molecular weight excluding hydrogens is 481 g/mol. The molecule has 3 rings (SSSR count). The number of carbonyl (C=O) groups is 1. The third-order valence-electron chi connectivity index (χ3n) is 3.94. The van der Waals surface area contributed by atoms with Crippen molar-refractivity contribution in [3.63, 3.8) is 0 Å². The number of carbonyl (C=O) groups excluding carboxylic acids is 1. The summed E-state index contributed by atoms with van der Waals surface area (Å²) < 4.78 is 13.3. The zero-order valence-electron chi connectivity index (χ0n) is 14.7. The van der Waals surface area contributed by atoms with Gasteiger partial charge < -0.3 is 14.8 Å². The van der Waals surface area contributed by atoms with Crippen LogP contribution in [0, 0.1) is 3.57 Å². The van der Waals surface area contributed by atoms with Crippen molar-refractivity contribution in [1.29, 1.82) is 0 Å². The van der Waals surface area contributed by atoms with E-state index in [4.69, 9.17) is 21.1 Å². The molecule has 1 aromatic heterocycles. The summed E-state index contributed by atoms with van der Waals surface area (Å²) in [5.74, 6) is 1.63. The van der Waals surface area contributed by atoms with Crippen LogP contribution >= 0.6 is 34.2 Å². The van der Waals surface area contributed by atoms with E-state index in [2.05, 4.69) is 33.0 Å². The zero-order valence-corrected chi connectivity index (χ0v) is 17.6. The van der Waals surface area contributed by atoms with E-state index < -0.39 is 0 Å². The summed E-state index contributed by atoms with van der Waals surface area (Å²) in [5.41, 5.74) is 1.43. The number of anilines is 1. The highest BCUT2D eigenvalue weighted by molar-refractivity contribution is 14.1. The Kier molecular flexibility index (Phi) is 6.22. The van der Waals surface area contributed by atoms with E-state index in [1.807, 2.05) is 18.2 Å². The molecule has 0 saturated heterocycles. The van der Waals surface area contributed by atoms with Crippen LogP contribution in [-0.4, -0.2) is 29.9 Å². The Morgan fingerprint density at radius 1 is 1.22 bits per heavy atom. The molecule has 0 bridgehead atoms. The number of amides is 1. The number of halogens is 2. The maximum atomic E-state index is 12.6. The summed E-state index contributed by atoms with van der Waals surface area (Å²) in [6, 6.07) is 12.5. The minimum atomic E-state index is -0.226. The second-order valence-corrected chi connectivity index (χ2v) is 7.20. The van der Waals surface area contributed by atoms with Gasteiger partial charge in [-0.1, -0.05) is 23.7 Å². The average molecular weight is 498 g/mol. The molecule has 0 saturated carbocycles. The van der Waals surface area contributed by atoms with E-state index in [1.165, 1.54) is 0 Å². The summed E-state index contributed by atoms with van der Waals surface area (Å²) in [6.45, 7) is 0.417. The van der Waals surface area contributed by atoms with Gasteiger partial charge in [0, 0.05) is 20.2 Å². The quantitative estimate of drug-likeness (QED) is 0.511. The molecule has 3 aromatic rings. The van der Waals surface area contributed by atoms with Crippen LogP contribution in [0.15, 0.2) is 48.7 Å². The molecule has 8 heteroatoms. The van der Waals surface area contributed by atoms with Crippen LogP contribution in [0.25, 0.3) is 0 Å². The number of aromatic nitrogens is 2. The summed E-state index contributed by atoms with van der Waals surface area (Å²) in [4.78, 5) is 12.6. The van der Waals surface area contributed by atoms with Gasteiger partial charge in [-0.15, -0.1) is 0 Å². The highest BCUT2D eigenvalue weighted by Crippen LogP contribution is 2.31. The van der Waals surface area contributed by atoms with Gasteiger partial charge in [0.2, 0.25) is 0 Å². The molecule has 0 aliphatic carbocycles. The number of ether oxygens (including phenoxy) is 2. The van der Waals surface area contributed by atoms with Gasteiger partial charge in [-0.2, -0.15) is 5.10 Å². The maximum absolute atomic E-state index is 12.6. The van der Waals surface area contributed by atoms with Crippen LogP contribution in [0.4, 0.5) is 5.82 Å². The second kappa shape index (κ2) is 8.62. The molecule has 0 aliphatic heterocycles. The molecule has 0 spiro atoms. The van der Waals surface area contributed by atoms with Gasteiger partial charge in [-0.05, 0) is 46.9 Å². The summed E-state index contributed by atoms with van der Waals surface area (Å²) in [6.07, 6.45) is 1.63. The highest BCUT2D eigenvalue weighted by atomic mass is 127. The van der Waals surface area contributed by atoms with Crippen LogP contribution < -0.4 is 14.8 Å². The van der Waals surface area contributed by atoms with E-state index in [1.54, 1.807) is 49.4 Å². The Morgan fingerprint density at radius 2 is 2.04 bits per heavy atom. The number of benzene rings is 2. The third-order valence-corrected chi connectivity index (χ3v) is 5.07. The van der Waals surface area contributed by atoms with Crippen molar-refractivity contribution in [2.75, 3.05) is 19.5 Å². The Balaban J connectivity index is 1.84. The lowest BCUT2D eigenvalue weighted by atomic mass is 10.2. The van der Waals surface area contributed by atoms with Crippen molar-refractivity contribution in [3.05, 3.63) is 68.4 Å². The van der Waals surface area contributed by atoms with Gasteiger partial charge in [0.1, 0.15) is 5.82 Å². The zero-order chi connectivity index (χ0) is 19.4. The van der Waals surface area contributed by atoms with Gasteiger partial charge in [-0.25, -0.2) is 4.68 Å². The normalized spacial score (nSPS) is 10.5. The second-order valence-electron chi connectivity index (χ2n) is 5.61. The van der Waals surface area contributed by atoms with Crippen LogP contribution in [0.2, 0.25) is 5.02 Å². The minimum Gasteiger partial charge on any atom is -0.493 e. The Labute approximate surface area is 175 Å². The first-order valence-electron chi connectivity index (χ1n) is 8.01. The number of para-hydroxylation sites is 1. The fourth-order valence-electron chi connectivity index (χ4n) is 2.66. The topological polar surface area (TPSA) is 65.4 Å². The average Bonchev–Trinajstić information content (AvgIpc) is 3.07. The molecule has 0 unspecified atom stereocenters. The lowest BCUT2D eigenvalue weighted by Gasteiger charge is -2.14. The Morgan fingerprint density at radius 3 is 2.74 bits per heavy atom. The monoisotopic (exact) mass is 497 g/mol. The summed E-state index contributed by atoms with van der Waals surface area (Å²) >= 11 is 8.05. The lowest BCUT2D eigenvalue weighted by Crippen LogP contribution is -2.17. The predicted octanol–water partition coefficient (Wildman–Crippen LogP) is 4.46. The van der Waals surface area contributed by atoms with Gasteiger partial charge in [0.25, 0.3) is 5.91 Å². The maximum Gasteiger partial charge on any atom is 0.257 e. The fraction of sp³-hybridized carbons (Fsp3) is 0.158. The van der Waals surface area contributed by atoms with Gasteiger partial charge in [-0.3, -0.25) is 4.79 Å². The Hall–Kier alpha value is -2.26. The van der Waals surface area contributed by atoms with Crippen molar-refractivity contribution >= 4 is 45.9 Å². The van der Waals surface area contributed by atoms with Crippen molar-refractivity contribution in [3.8, 4) is 11.5 Å². The molecule has 1 N–H and O–H groups in total. The Bertz CT molecular complexity index is 975. The van der Waals surface area contributed by atoms with Gasteiger partial charge in [0.15, 0.2) is 11.5 Å². The summed E-state index contributed by atoms with van der Waals surface area (Å²) in [7, 11) is 3.19. The van der Waals surface area contributed by atoms with Crippen LogP contribution in [-0.2, 0) is 6.54 Å². The van der Waals surface area contributed by atoms with Crippen LogP contribution in [0.3, 0.4) is 0 Å². The predicted molar refractivity (Wildman–Crippen MR) is 113 cm³/mol. The molecule has 0 radical (unpaired) electrons. The number of rotatable bonds is 6. The van der Waals surface area contributed by atoms with E-state index in [9.17, 15) is 4.79 Å². The largest absolute Gasteiger partial charge is 0.493 e. The first-order chi connectivity index (χ1) is 13.0. The van der Waals surface area contributed by atoms with E-state index in [0.717, 1.165) is 9.13 Å². The van der Waals surface area contributed by atoms with Crippen molar-refractivity contribution < 1.29 is 14.3 Å². The molecule has 2 aromatic carbocycles. The van der Waals surface area contributed by atoms with Gasteiger partial charge >= 0.3 is 0 Å². The molecule has 0 fully saturated rings. The molecule has 6 nitrogen and oxygen atoms in total. The smallest absolute Gasteiger partial charge is 0.257 e. The molecule has 1 amide bonds. The van der Waals surface area contributed by atoms with Crippen molar-refractivity contribution in [1.82, 2.24) is 9.78 Å². The van der Waals surface area contributed by atoms with Crippen LogP contribution in [0.5, 0.6) is 11.5 Å². The lowest BCUT2D eigenvalue weighted by molar-refractivity contribution is 0.102. The summed E-state index contributed by atoms with van der Waals surface area (Å²) in [5, 5.41) is 7.79. The van der Waals surface area contributed by atoms with Gasteiger partial charge in [0.05, 0.1) is 32.5 Å². The number of nitrogens with zero attached hydrogens (tertiary/aromatic N) is 2. The van der Waals surface area contributed by atoms with E-state index >= 15 is 0 Å². The van der Waals surface area contributed by atoms with Crippen LogP contribution in [0.1, 0.15) is 15.9 Å². The molecular formula is C19H17ClIN3O3. The first-order valence-corrected chi connectivity index (χ1v) is 9.47. The van der Waals surface area contributed by atoms with E-state index in [0.29, 0.717) is 34.4 Å². The number of hydrogen-bond acceptors (Lipinski definition) is 4. The third kappa shape index (κ3) is 4.36. The number of methoxy groups -OCH3 is 2. The number of hydrogen-bond donors (Lipinski definition) is 1. The van der Waals surface area contributed by atoms with Crippen molar-refractivity contribution in [2.24, 2.45) is 0 Å². The fourth-order valence-corrected chi connectivity index (χ4v) is 3.78. The number of nitrogens with one attached hydrogen (secondary N) is 1. The van der Waals surface area contributed by atoms with Crippen molar-refractivity contribution in [2.45, 2.75) is 6.54 Å². The first kappa shape index (κ1) is 19.5. The molecule has 0 atom stereocenters. The molecule has 1 heterocycles. The highest BCUT2D eigenvalue weighted by Gasteiger charge is 2.15. The molecule has 0 aliphatic rings.